The number of nitrogens with zero attached hydrogens (tertiary/aromatic N) is 4. The SMILES string of the molecule is CCn1ncc(Cl)c1CNC(=O)c1cc(=O)n2c(n1)C(C)(C)OCC2. The van der Waals surface area contributed by atoms with Crippen molar-refractivity contribution in [2.45, 2.75) is 46.0 Å². The van der Waals surface area contributed by atoms with Crippen LogP contribution >= 0.6 is 11.6 Å². The fourth-order valence-electron chi connectivity index (χ4n) is 2.85. The number of aryl methyl sites for hydroxylation is 1. The molecule has 9 heteroatoms. The molecular weight excluding hydrogens is 346 g/mol. The van der Waals surface area contributed by atoms with Gasteiger partial charge in [0.2, 0.25) is 0 Å². The summed E-state index contributed by atoms with van der Waals surface area (Å²) in [4.78, 5) is 29.1. The molecule has 1 amide bonds. The Balaban J connectivity index is 1.85. The number of amides is 1. The van der Waals surface area contributed by atoms with Crippen LogP contribution in [0.25, 0.3) is 0 Å². The van der Waals surface area contributed by atoms with Crippen molar-refractivity contribution >= 4 is 17.5 Å². The molecule has 0 aliphatic carbocycles. The van der Waals surface area contributed by atoms with E-state index in [4.69, 9.17) is 16.3 Å². The number of hydrogen-bond acceptors (Lipinski definition) is 5. The van der Waals surface area contributed by atoms with Gasteiger partial charge in [-0.15, -0.1) is 0 Å². The zero-order valence-corrected chi connectivity index (χ0v) is 15.1. The van der Waals surface area contributed by atoms with Crippen LogP contribution in [0, 0.1) is 0 Å². The number of halogens is 1. The Bertz CT molecular complexity index is 871. The molecule has 1 aliphatic heterocycles. The highest BCUT2D eigenvalue weighted by molar-refractivity contribution is 6.31. The van der Waals surface area contributed by atoms with E-state index in [9.17, 15) is 9.59 Å². The lowest BCUT2D eigenvalue weighted by Gasteiger charge is -2.32. The highest BCUT2D eigenvalue weighted by Gasteiger charge is 2.32. The van der Waals surface area contributed by atoms with E-state index in [-0.39, 0.29) is 17.8 Å². The van der Waals surface area contributed by atoms with Gasteiger partial charge >= 0.3 is 0 Å². The number of rotatable bonds is 4. The van der Waals surface area contributed by atoms with Crippen molar-refractivity contribution in [3.8, 4) is 0 Å². The standard InChI is InChI=1S/C16H20ClN5O3/c1-4-22-12(10(17)8-19-22)9-18-14(24)11-7-13(23)21-5-6-25-16(2,3)15(21)20-11/h7-8H,4-6,9H2,1-3H3,(H,18,24). The third-order valence-corrected chi connectivity index (χ3v) is 4.49. The molecule has 0 atom stereocenters. The molecule has 0 fully saturated rings. The van der Waals surface area contributed by atoms with Gasteiger partial charge in [-0.05, 0) is 20.8 Å². The Kier molecular flexibility index (Phi) is 4.66. The molecule has 3 rings (SSSR count). The van der Waals surface area contributed by atoms with Crippen LogP contribution < -0.4 is 10.9 Å². The molecule has 25 heavy (non-hydrogen) atoms. The van der Waals surface area contributed by atoms with Crippen molar-refractivity contribution in [2.75, 3.05) is 6.61 Å². The van der Waals surface area contributed by atoms with Gasteiger partial charge in [0, 0.05) is 12.6 Å². The second-order valence-corrected chi connectivity index (χ2v) is 6.66. The summed E-state index contributed by atoms with van der Waals surface area (Å²) in [6.07, 6.45) is 1.54. The van der Waals surface area contributed by atoms with Crippen LogP contribution in [0.15, 0.2) is 17.1 Å². The van der Waals surface area contributed by atoms with E-state index >= 15 is 0 Å². The molecular formula is C16H20ClN5O3. The maximum atomic E-state index is 12.5. The third kappa shape index (κ3) is 3.32. The molecule has 3 heterocycles. The Morgan fingerprint density at radius 2 is 2.24 bits per heavy atom. The first-order valence-electron chi connectivity index (χ1n) is 8.08. The van der Waals surface area contributed by atoms with E-state index in [0.29, 0.717) is 36.2 Å². The van der Waals surface area contributed by atoms with Crippen LogP contribution in [-0.4, -0.2) is 31.8 Å². The average molecular weight is 366 g/mol. The molecule has 2 aromatic heterocycles. The van der Waals surface area contributed by atoms with Crippen LogP contribution in [0.1, 0.15) is 42.8 Å². The zero-order chi connectivity index (χ0) is 18.2. The minimum atomic E-state index is -0.724. The summed E-state index contributed by atoms with van der Waals surface area (Å²) in [5.41, 5.74) is -0.217. The summed E-state index contributed by atoms with van der Waals surface area (Å²) in [6, 6.07) is 1.25. The van der Waals surface area contributed by atoms with Crippen LogP contribution in [-0.2, 0) is 30.0 Å². The predicted molar refractivity (Wildman–Crippen MR) is 91.6 cm³/mol. The lowest BCUT2D eigenvalue weighted by atomic mass is 10.1. The van der Waals surface area contributed by atoms with Crippen molar-refractivity contribution in [1.29, 1.82) is 0 Å². The van der Waals surface area contributed by atoms with Crippen molar-refractivity contribution in [2.24, 2.45) is 0 Å². The predicted octanol–water partition coefficient (Wildman–Crippen LogP) is 1.31. The lowest BCUT2D eigenvalue weighted by molar-refractivity contribution is -0.0564. The smallest absolute Gasteiger partial charge is 0.270 e. The molecule has 0 aromatic carbocycles. The molecule has 0 saturated heterocycles. The molecule has 0 spiro atoms. The molecule has 0 bridgehead atoms. The number of hydrogen-bond donors (Lipinski definition) is 1. The second kappa shape index (κ2) is 6.61. The van der Waals surface area contributed by atoms with E-state index in [1.54, 1.807) is 9.25 Å². The molecule has 8 nitrogen and oxygen atoms in total. The summed E-state index contributed by atoms with van der Waals surface area (Å²) in [5.74, 6) is 0.00910. The van der Waals surface area contributed by atoms with E-state index in [2.05, 4.69) is 15.4 Å². The number of aromatic nitrogens is 4. The Morgan fingerprint density at radius 3 is 2.96 bits per heavy atom. The average Bonchev–Trinajstić information content (AvgIpc) is 2.93. The molecule has 0 unspecified atom stereocenters. The van der Waals surface area contributed by atoms with Gasteiger partial charge in [0.25, 0.3) is 11.5 Å². The molecule has 134 valence electrons. The minimum absolute atomic E-state index is 0.0634. The van der Waals surface area contributed by atoms with E-state index in [1.807, 2.05) is 20.8 Å². The topological polar surface area (TPSA) is 91.0 Å². The zero-order valence-electron chi connectivity index (χ0n) is 14.4. The first kappa shape index (κ1) is 17.6. The normalized spacial score (nSPS) is 15.7. The minimum Gasteiger partial charge on any atom is -0.366 e. The lowest BCUT2D eigenvalue weighted by Crippen LogP contribution is -2.42. The Morgan fingerprint density at radius 1 is 1.48 bits per heavy atom. The third-order valence-electron chi connectivity index (χ3n) is 4.17. The molecule has 0 radical (unpaired) electrons. The Labute approximate surface area is 149 Å². The van der Waals surface area contributed by atoms with Gasteiger partial charge < -0.3 is 10.1 Å². The summed E-state index contributed by atoms with van der Waals surface area (Å²) in [7, 11) is 0. The van der Waals surface area contributed by atoms with Crippen molar-refractivity contribution in [3.05, 3.63) is 44.9 Å². The molecule has 1 aliphatic rings. The maximum Gasteiger partial charge on any atom is 0.270 e. The number of ether oxygens (including phenoxy) is 1. The summed E-state index contributed by atoms with van der Waals surface area (Å²) in [5, 5.41) is 7.35. The van der Waals surface area contributed by atoms with Gasteiger partial charge in [0.05, 0.1) is 36.6 Å². The van der Waals surface area contributed by atoms with E-state index < -0.39 is 11.5 Å². The fourth-order valence-corrected chi connectivity index (χ4v) is 3.05. The van der Waals surface area contributed by atoms with Crippen LogP contribution in [0.3, 0.4) is 0 Å². The molecule has 0 saturated carbocycles. The summed E-state index contributed by atoms with van der Waals surface area (Å²) < 4.78 is 8.91. The number of carbonyl (C=O) groups is 1. The first-order valence-corrected chi connectivity index (χ1v) is 8.46. The van der Waals surface area contributed by atoms with Crippen LogP contribution in [0.5, 0.6) is 0 Å². The summed E-state index contributed by atoms with van der Waals surface area (Å²) in [6.45, 7) is 7.29. The fraction of sp³-hybridized carbons (Fsp3) is 0.500. The highest BCUT2D eigenvalue weighted by Crippen LogP contribution is 2.25. The van der Waals surface area contributed by atoms with Gasteiger partial charge in [-0.1, -0.05) is 11.6 Å². The van der Waals surface area contributed by atoms with Crippen LogP contribution in [0.2, 0.25) is 5.02 Å². The van der Waals surface area contributed by atoms with Gasteiger partial charge in [0.1, 0.15) is 17.1 Å². The number of fused-ring (bicyclic) bond motifs is 1. The van der Waals surface area contributed by atoms with Gasteiger partial charge in [-0.2, -0.15) is 5.10 Å². The maximum absolute atomic E-state index is 12.5. The first-order chi connectivity index (χ1) is 11.8. The second-order valence-electron chi connectivity index (χ2n) is 6.25. The monoisotopic (exact) mass is 365 g/mol. The quantitative estimate of drug-likeness (QED) is 0.882. The van der Waals surface area contributed by atoms with Gasteiger partial charge in [-0.25, -0.2) is 4.98 Å². The summed E-state index contributed by atoms with van der Waals surface area (Å²) >= 11 is 6.09. The Hall–Kier alpha value is -2.19. The largest absolute Gasteiger partial charge is 0.366 e. The van der Waals surface area contributed by atoms with Gasteiger partial charge in [-0.3, -0.25) is 18.8 Å². The number of carbonyl (C=O) groups excluding carboxylic acids is 1. The number of nitrogens with one attached hydrogen (secondary N) is 1. The van der Waals surface area contributed by atoms with Crippen molar-refractivity contribution in [3.63, 3.8) is 0 Å². The molecule has 1 N–H and O–H groups in total. The molecule has 2 aromatic rings. The van der Waals surface area contributed by atoms with E-state index in [0.717, 1.165) is 0 Å². The van der Waals surface area contributed by atoms with Crippen LogP contribution in [0.4, 0.5) is 0 Å². The highest BCUT2D eigenvalue weighted by atomic mass is 35.5. The van der Waals surface area contributed by atoms with Gasteiger partial charge in [0.15, 0.2) is 0 Å². The van der Waals surface area contributed by atoms with E-state index in [1.165, 1.54) is 12.3 Å². The van der Waals surface area contributed by atoms with Crippen molar-refractivity contribution in [1.82, 2.24) is 24.6 Å². The van der Waals surface area contributed by atoms with Crippen molar-refractivity contribution < 1.29 is 9.53 Å².